The number of carbonyl (C=O) groups excluding carboxylic acids is 1. The van der Waals surface area contributed by atoms with Gasteiger partial charge in [-0.2, -0.15) is 0 Å². The summed E-state index contributed by atoms with van der Waals surface area (Å²) in [5, 5.41) is 0. The van der Waals surface area contributed by atoms with Crippen molar-refractivity contribution in [1.82, 2.24) is 0 Å². The second-order valence-corrected chi connectivity index (χ2v) is 5.88. The predicted octanol–water partition coefficient (Wildman–Crippen LogP) is 4.20. The minimum Gasteiger partial charge on any atom is -0.457 e. The van der Waals surface area contributed by atoms with Crippen LogP contribution >= 0.6 is 12.6 Å². The highest BCUT2D eigenvalue weighted by molar-refractivity contribution is 7.80. The topological polar surface area (TPSA) is 26.3 Å². The molecule has 112 valence electrons. The first kappa shape index (κ1) is 14.9. The molecule has 0 saturated heterocycles. The molecule has 0 aromatic heterocycles. The van der Waals surface area contributed by atoms with Gasteiger partial charge in [0.2, 0.25) is 0 Å². The number of rotatable bonds is 2. The number of cyclic esters (lactones) is 1. The van der Waals surface area contributed by atoms with Crippen LogP contribution in [0, 0.1) is 19.7 Å². The van der Waals surface area contributed by atoms with Gasteiger partial charge < -0.3 is 4.74 Å². The second-order valence-electron chi connectivity index (χ2n) is 5.39. The lowest BCUT2D eigenvalue weighted by molar-refractivity contribution is -0.133. The Labute approximate surface area is 134 Å². The van der Waals surface area contributed by atoms with E-state index < -0.39 is 5.82 Å². The van der Waals surface area contributed by atoms with Gasteiger partial charge >= 0.3 is 5.97 Å². The highest BCUT2D eigenvalue weighted by Gasteiger charge is 2.27. The Bertz CT molecular complexity index is 809. The van der Waals surface area contributed by atoms with Gasteiger partial charge in [0.1, 0.15) is 12.4 Å². The summed E-state index contributed by atoms with van der Waals surface area (Å²) < 4.78 is 18.9. The summed E-state index contributed by atoms with van der Waals surface area (Å²) in [6.07, 6.45) is 0. The molecule has 22 heavy (non-hydrogen) atoms. The van der Waals surface area contributed by atoms with Gasteiger partial charge in [0.05, 0.1) is 5.57 Å². The van der Waals surface area contributed by atoms with Crippen molar-refractivity contribution in [3.8, 4) is 0 Å². The molecule has 0 radical (unpaired) electrons. The zero-order valence-electron chi connectivity index (χ0n) is 12.3. The molecule has 0 bridgehead atoms. The number of thiol groups is 1. The number of halogens is 1. The fourth-order valence-electron chi connectivity index (χ4n) is 2.52. The highest BCUT2D eigenvalue weighted by Crippen LogP contribution is 2.34. The maximum Gasteiger partial charge on any atom is 0.339 e. The molecular weight excluding hydrogens is 299 g/mol. The molecule has 3 rings (SSSR count). The van der Waals surface area contributed by atoms with Crippen molar-refractivity contribution in [2.24, 2.45) is 0 Å². The van der Waals surface area contributed by atoms with E-state index in [-0.39, 0.29) is 17.5 Å². The molecule has 0 N–H and O–H groups in total. The van der Waals surface area contributed by atoms with E-state index in [0.29, 0.717) is 16.7 Å². The van der Waals surface area contributed by atoms with Gasteiger partial charge in [-0.15, -0.1) is 12.6 Å². The molecule has 0 saturated carbocycles. The van der Waals surface area contributed by atoms with Crippen LogP contribution in [-0.4, -0.2) is 12.6 Å². The summed E-state index contributed by atoms with van der Waals surface area (Å²) in [5.74, 6) is -0.777. The van der Waals surface area contributed by atoms with E-state index >= 15 is 0 Å². The Hall–Kier alpha value is -2.07. The molecule has 1 aliphatic rings. The van der Waals surface area contributed by atoms with Crippen LogP contribution in [0.15, 0.2) is 41.3 Å². The number of ether oxygens (including phenoxy) is 1. The number of hydrogen-bond acceptors (Lipinski definition) is 3. The third-order valence-electron chi connectivity index (χ3n) is 3.95. The second kappa shape index (κ2) is 5.61. The summed E-state index contributed by atoms with van der Waals surface area (Å²) in [4.78, 5) is 12.4. The molecule has 0 amide bonds. The number of benzene rings is 2. The van der Waals surface area contributed by atoms with Crippen molar-refractivity contribution in [1.29, 1.82) is 0 Å². The lowest BCUT2D eigenvalue weighted by Gasteiger charge is -2.08. The molecule has 0 aliphatic carbocycles. The molecule has 0 spiro atoms. The molecule has 0 atom stereocenters. The van der Waals surface area contributed by atoms with Crippen LogP contribution in [0.3, 0.4) is 0 Å². The van der Waals surface area contributed by atoms with Crippen LogP contribution in [0.4, 0.5) is 4.39 Å². The molecular formula is C18H15FO2S. The summed E-state index contributed by atoms with van der Waals surface area (Å²) in [5.41, 5.74) is 4.92. The fourth-order valence-corrected chi connectivity index (χ4v) is 2.66. The zero-order valence-corrected chi connectivity index (χ0v) is 13.2. The molecule has 0 unspecified atom stereocenters. The minimum absolute atomic E-state index is 0.159. The Kier molecular flexibility index (Phi) is 3.79. The van der Waals surface area contributed by atoms with Crippen molar-refractivity contribution < 1.29 is 13.9 Å². The number of carbonyl (C=O) groups is 1. The maximum absolute atomic E-state index is 13.8. The Morgan fingerprint density at radius 2 is 1.77 bits per heavy atom. The highest BCUT2D eigenvalue weighted by atomic mass is 32.1. The SMILES string of the molecule is Cc1ccc(C2=C(c3ccc(S)c(F)c3)COC2=O)cc1C. The van der Waals surface area contributed by atoms with Gasteiger partial charge in [-0.25, -0.2) is 9.18 Å². The van der Waals surface area contributed by atoms with Crippen LogP contribution < -0.4 is 0 Å². The zero-order chi connectivity index (χ0) is 15.9. The van der Waals surface area contributed by atoms with Gasteiger partial charge in [0.15, 0.2) is 0 Å². The third kappa shape index (κ3) is 2.55. The Balaban J connectivity index is 2.17. The normalized spacial score (nSPS) is 14.5. The monoisotopic (exact) mass is 314 g/mol. The van der Waals surface area contributed by atoms with Gasteiger partial charge in [0, 0.05) is 10.5 Å². The maximum atomic E-state index is 13.8. The summed E-state index contributed by atoms with van der Waals surface area (Å²) in [7, 11) is 0. The van der Waals surface area contributed by atoms with Crippen LogP contribution in [0.2, 0.25) is 0 Å². The third-order valence-corrected chi connectivity index (χ3v) is 4.31. The van der Waals surface area contributed by atoms with Crippen molar-refractivity contribution in [2.75, 3.05) is 6.61 Å². The quantitative estimate of drug-likeness (QED) is 0.664. The van der Waals surface area contributed by atoms with Gasteiger partial charge in [-0.1, -0.05) is 24.3 Å². The van der Waals surface area contributed by atoms with E-state index in [0.717, 1.165) is 16.7 Å². The van der Waals surface area contributed by atoms with Crippen LogP contribution in [-0.2, 0) is 9.53 Å². The fraction of sp³-hybridized carbons (Fsp3) is 0.167. The predicted molar refractivity (Wildman–Crippen MR) is 87.3 cm³/mol. The Morgan fingerprint density at radius 3 is 2.45 bits per heavy atom. The van der Waals surface area contributed by atoms with Gasteiger partial charge in [-0.3, -0.25) is 0 Å². The molecule has 2 aromatic carbocycles. The minimum atomic E-state index is -0.410. The summed E-state index contributed by atoms with van der Waals surface area (Å²) in [6, 6.07) is 10.6. The van der Waals surface area contributed by atoms with Crippen LogP contribution in [0.1, 0.15) is 22.3 Å². The average molecular weight is 314 g/mol. The molecule has 1 heterocycles. The average Bonchev–Trinajstić information content (AvgIpc) is 2.87. The van der Waals surface area contributed by atoms with Crippen molar-refractivity contribution in [3.63, 3.8) is 0 Å². The van der Waals surface area contributed by atoms with E-state index in [1.54, 1.807) is 12.1 Å². The van der Waals surface area contributed by atoms with Gasteiger partial charge in [-0.05, 0) is 48.2 Å². The molecule has 1 aliphatic heterocycles. The standard InChI is InChI=1S/C18H15FO2S/c1-10-3-4-13(7-11(10)2)17-14(9-21-18(17)20)12-5-6-16(22)15(19)8-12/h3-8,22H,9H2,1-2H3. The van der Waals surface area contributed by atoms with E-state index in [1.165, 1.54) is 6.07 Å². The molecule has 2 nitrogen and oxygen atoms in total. The van der Waals surface area contributed by atoms with Crippen LogP contribution in [0.25, 0.3) is 11.1 Å². The number of aryl methyl sites for hydroxylation is 2. The first-order chi connectivity index (χ1) is 10.5. The summed E-state index contributed by atoms with van der Waals surface area (Å²) in [6.45, 7) is 4.17. The van der Waals surface area contributed by atoms with Crippen molar-refractivity contribution in [3.05, 3.63) is 64.5 Å². The lowest BCUT2D eigenvalue weighted by atomic mass is 9.94. The number of hydrogen-bond donors (Lipinski definition) is 1. The largest absolute Gasteiger partial charge is 0.457 e. The first-order valence-electron chi connectivity index (χ1n) is 6.94. The van der Waals surface area contributed by atoms with Crippen molar-refractivity contribution in [2.45, 2.75) is 18.7 Å². The van der Waals surface area contributed by atoms with E-state index in [9.17, 15) is 9.18 Å². The van der Waals surface area contributed by atoms with Crippen LogP contribution in [0.5, 0.6) is 0 Å². The Morgan fingerprint density at radius 1 is 1.05 bits per heavy atom. The first-order valence-corrected chi connectivity index (χ1v) is 7.39. The lowest BCUT2D eigenvalue weighted by Crippen LogP contribution is -1.99. The number of esters is 1. The molecule has 2 aromatic rings. The molecule has 4 heteroatoms. The van der Waals surface area contributed by atoms with E-state index in [4.69, 9.17) is 4.74 Å². The smallest absolute Gasteiger partial charge is 0.339 e. The van der Waals surface area contributed by atoms with Crippen molar-refractivity contribution >= 4 is 29.7 Å². The molecule has 0 fully saturated rings. The van der Waals surface area contributed by atoms with E-state index in [1.807, 2.05) is 32.0 Å². The summed E-state index contributed by atoms with van der Waals surface area (Å²) >= 11 is 4.03. The van der Waals surface area contributed by atoms with E-state index in [2.05, 4.69) is 12.6 Å². The van der Waals surface area contributed by atoms with Gasteiger partial charge in [0.25, 0.3) is 0 Å².